The van der Waals surface area contributed by atoms with Gasteiger partial charge in [0.15, 0.2) is 0 Å². The predicted octanol–water partition coefficient (Wildman–Crippen LogP) is 2.90. The van der Waals surface area contributed by atoms with Crippen LogP contribution in [0.5, 0.6) is 0 Å². The second-order valence-electron chi connectivity index (χ2n) is 4.71. The number of nitrogens with two attached hydrogens (primary N) is 1. The summed E-state index contributed by atoms with van der Waals surface area (Å²) >= 11 is 0. The monoisotopic (exact) mass is 295 g/mol. The van der Waals surface area contributed by atoms with Crippen LogP contribution in [-0.4, -0.2) is 23.5 Å². The molecule has 0 radical (unpaired) electrons. The van der Waals surface area contributed by atoms with Crippen LogP contribution in [-0.2, 0) is 13.0 Å². The number of pyridine rings is 1. The summed E-state index contributed by atoms with van der Waals surface area (Å²) in [5, 5.41) is 0. The maximum Gasteiger partial charge on any atom is 0.123 e. The van der Waals surface area contributed by atoms with Crippen LogP contribution < -0.4 is 5.73 Å². The average Bonchev–Trinajstić information content (AvgIpc) is 2.41. The van der Waals surface area contributed by atoms with Crippen molar-refractivity contribution < 1.29 is 4.39 Å². The van der Waals surface area contributed by atoms with Crippen LogP contribution in [0.1, 0.15) is 11.1 Å². The van der Waals surface area contributed by atoms with Gasteiger partial charge in [0.25, 0.3) is 0 Å². The van der Waals surface area contributed by atoms with E-state index in [0.717, 1.165) is 30.6 Å². The Morgan fingerprint density at radius 3 is 2.35 bits per heavy atom. The number of benzene rings is 1. The zero-order valence-corrected chi connectivity index (χ0v) is 12.2. The summed E-state index contributed by atoms with van der Waals surface area (Å²) in [7, 11) is 2.06. The average molecular weight is 296 g/mol. The van der Waals surface area contributed by atoms with Crippen LogP contribution >= 0.6 is 12.4 Å². The molecule has 2 aromatic rings. The van der Waals surface area contributed by atoms with E-state index in [0.29, 0.717) is 5.82 Å². The van der Waals surface area contributed by atoms with Gasteiger partial charge in [0.05, 0.1) is 0 Å². The Hall–Kier alpha value is -1.65. The highest BCUT2D eigenvalue weighted by Crippen LogP contribution is 2.07. The Bertz CT molecular complexity index is 514. The Morgan fingerprint density at radius 1 is 1.10 bits per heavy atom. The molecule has 20 heavy (non-hydrogen) atoms. The normalized spacial score (nSPS) is 10.3. The van der Waals surface area contributed by atoms with Gasteiger partial charge in [0.2, 0.25) is 0 Å². The lowest BCUT2D eigenvalue weighted by Gasteiger charge is -2.16. The van der Waals surface area contributed by atoms with Crippen molar-refractivity contribution in [1.29, 1.82) is 0 Å². The lowest BCUT2D eigenvalue weighted by Crippen LogP contribution is -2.20. The summed E-state index contributed by atoms with van der Waals surface area (Å²) in [6.07, 6.45) is 2.70. The molecule has 2 rings (SSSR count). The standard InChI is InChI=1S/C15H18FN3.ClH/c1-19(11-13-4-7-15(17)18-10-13)9-8-12-2-5-14(16)6-3-12;/h2-7,10H,8-9,11H2,1H3,(H2,17,18);1H. The van der Waals surface area contributed by atoms with Crippen LogP contribution in [0.3, 0.4) is 0 Å². The van der Waals surface area contributed by atoms with Crippen molar-refractivity contribution in [3.8, 4) is 0 Å². The van der Waals surface area contributed by atoms with Gasteiger partial charge < -0.3 is 10.6 Å². The fourth-order valence-corrected chi connectivity index (χ4v) is 1.89. The number of likely N-dealkylation sites (N-methyl/N-ethyl adjacent to an activating group) is 1. The van der Waals surface area contributed by atoms with Crippen molar-refractivity contribution in [2.45, 2.75) is 13.0 Å². The van der Waals surface area contributed by atoms with Gasteiger partial charge in [-0.25, -0.2) is 9.37 Å². The third kappa shape index (κ3) is 5.15. The van der Waals surface area contributed by atoms with Crippen LogP contribution in [0.25, 0.3) is 0 Å². The second kappa shape index (κ2) is 7.82. The summed E-state index contributed by atoms with van der Waals surface area (Å²) in [6.45, 7) is 1.74. The van der Waals surface area contributed by atoms with Gasteiger partial charge in [0.1, 0.15) is 11.6 Å². The number of hydrogen-bond donors (Lipinski definition) is 1. The Morgan fingerprint density at radius 2 is 1.75 bits per heavy atom. The van der Waals surface area contributed by atoms with E-state index in [9.17, 15) is 4.39 Å². The first-order valence-corrected chi connectivity index (χ1v) is 6.27. The molecule has 1 aromatic heterocycles. The van der Waals surface area contributed by atoms with Gasteiger partial charge in [0, 0.05) is 19.3 Å². The van der Waals surface area contributed by atoms with Crippen LogP contribution in [0.15, 0.2) is 42.6 Å². The number of anilines is 1. The number of nitrogen functional groups attached to an aromatic ring is 1. The van der Waals surface area contributed by atoms with E-state index in [1.807, 2.05) is 24.3 Å². The summed E-state index contributed by atoms with van der Waals surface area (Å²) in [4.78, 5) is 6.27. The summed E-state index contributed by atoms with van der Waals surface area (Å²) in [5.74, 6) is 0.350. The minimum absolute atomic E-state index is 0. The third-order valence-corrected chi connectivity index (χ3v) is 3.00. The lowest BCUT2D eigenvalue weighted by molar-refractivity contribution is 0.331. The lowest BCUT2D eigenvalue weighted by atomic mass is 10.1. The largest absolute Gasteiger partial charge is 0.384 e. The molecule has 0 unspecified atom stereocenters. The molecule has 0 bridgehead atoms. The summed E-state index contributed by atoms with van der Waals surface area (Å²) < 4.78 is 12.8. The fourth-order valence-electron chi connectivity index (χ4n) is 1.89. The molecule has 0 fully saturated rings. The maximum atomic E-state index is 12.8. The highest BCUT2D eigenvalue weighted by atomic mass is 35.5. The topological polar surface area (TPSA) is 42.1 Å². The molecule has 5 heteroatoms. The Labute approximate surface area is 125 Å². The van der Waals surface area contributed by atoms with E-state index in [-0.39, 0.29) is 18.2 Å². The first-order valence-electron chi connectivity index (χ1n) is 6.27. The van der Waals surface area contributed by atoms with Crippen molar-refractivity contribution in [1.82, 2.24) is 9.88 Å². The minimum Gasteiger partial charge on any atom is -0.384 e. The molecule has 1 heterocycles. The van der Waals surface area contributed by atoms with Crippen LogP contribution in [0.2, 0.25) is 0 Å². The molecule has 2 N–H and O–H groups in total. The van der Waals surface area contributed by atoms with Crippen molar-refractivity contribution in [3.63, 3.8) is 0 Å². The van der Waals surface area contributed by atoms with Gasteiger partial charge in [-0.2, -0.15) is 0 Å². The number of hydrogen-bond acceptors (Lipinski definition) is 3. The molecule has 0 saturated carbocycles. The first-order chi connectivity index (χ1) is 9.13. The van der Waals surface area contributed by atoms with Crippen molar-refractivity contribution in [2.24, 2.45) is 0 Å². The molecular weight excluding hydrogens is 277 g/mol. The highest BCUT2D eigenvalue weighted by molar-refractivity contribution is 5.85. The Balaban J connectivity index is 0.00000200. The van der Waals surface area contributed by atoms with Crippen molar-refractivity contribution in [3.05, 3.63) is 59.5 Å². The van der Waals surface area contributed by atoms with E-state index in [1.54, 1.807) is 6.20 Å². The molecule has 0 amide bonds. The maximum absolute atomic E-state index is 12.8. The highest BCUT2D eigenvalue weighted by Gasteiger charge is 2.02. The number of aromatic nitrogens is 1. The molecule has 3 nitrogen and oxygen atoms in total. The van der Waals surface area contributed by atoms with E-state index in [4.69, 9.17) is 5.73 Å². The molecule has 108 valence electrons. The molecule has 0 atom stereocenters. The molecule has 0 aliphatic carbocycles. The molecule has 1 aromatic carbocycles. The second-order valence-corrected chi connectivity index (χ2v) is 4.71. The molecule has 0 saturated heterocycles. The molecule has 0 aliphatic heterocycles. The smallest absolute Gasteiger partial charge is 0.123 e. The molecular formula is C15H19ClFN3. The summed E-state index contributed by atoms with van der Waals surface area (Å²) in [5.41, 5.74) is 7.83. The molecule has 0 spiro atoms. The SMILES string of the molecule is CN(CCc1ccc(F)cc1)Cc1ccc(N)nc1.Cl. The van der Waals surface area contributed by atoms with E-state index in [2.05, 4.69) is 16.9 Å². The first kappa shape index (κ1) is 16.4. The zero-order valence-electron chi connectivity index (χ0n) is 11.4. The quantitative estimate of drug-likeness (QED) is 0.922. The van der Waals surface area contributed by atoms with Gasteiger partial charge in [-0.05, 0) is 42.8 Å². The van der Waals surface area contributed by atoms with E-state index < -0.39 is 0 Å². The zero-order chi connectivity index (χ0) is 13.7. The predicted molar refractivity (Wildman–Crippen MR) is 82.3 cm³/mol. The van der Waals surface area contributed by atoms with Crippen molar-refractivity contribution >= 4 is 18.2 Å². The Kier molecular flexibility index (Phi) is 6.42. The number of nitrogens with zero attached hydrogens (tertiary/aromatic N) is 2. The van der Waals surface area contributed by atoms with Crippen molar-refractivity contribution in [2.75, 3.05) is 19.3 Å². The summed E-state index contributed by atoms with van der Waals surface area (Å²) in [6, 6.07) is 10.4. The van der Waals surface area contributed by atoms with E-state index >= 15 is 0 Å². The molecule has 0 aliphatic rings. The number of halogens is 2. The fraction of sp³-hybridized carbons (Fsp3) is 0.267. The van der Waals surface area contributed by atoms with Gasteiger partial charge >= 0.3 is 0 Å². The third-order valence-electron chi connectivity index (χ3n) is 3.00. The van der Waals surface area contributed by atoms with Gasteiger partial charge in [-0.3, -0.25) is 0 Å². The van der Waals surface area contributed by atoms with Gasteiger partial charge in [-0.15, -0.1) is 12.4 Å². The van der Waals surface area contributed by atoms with E-state index in [1.165, 1.54) is 12.1 Å². The minimum atomic E-state index is -0.190. The van der Waals surface area contributed by atoms with Crippen LogP contribution in [0.4, 0.5) is 10.2 Å². The number of rotatable bonds is 5. The van der Waals surface area contributed by atoms with Gasteiger partial charge in [-0.1, -0.05) is 18.2 Å². The van der Waals surface area contributed by atoms with Crippen LogP contribution in [0, 0.1) is 5.82 Å².